The third-order valence-electron chi connectivity index (χ3n) is 6.16. The molecule has 0 heterocycles. The van der Waals surface area contributed by atoms with E-state index in [0.29, 0.717) is 10.9 Å². The quantitative estimate of drug-likeness (QED) is 0.244. The maximum absolute atomic E-state index is 9.44. The number of fused-ring (bicyclic) bond motifs is 6. The zero-order valence-electron chi connectivity index (χ0n) is 18.3. The molecule has 0 aliphatic rings. The predicted molar refractivity (Wildman–Crippen MR) is 143 cm³/mol. The molecule has 0 atom stereocenters. The van der Waals surface area contributed by atoms with Gasteiger partial charge in [-0.1, -0.05) is 109 Å². The van der Waals surface area contributed by atoms with Gasteiger partial charge in [-0.3, -0.25) is 0 Å². The largest absolute Gasteiger partial charge is 0.489 e. The lowest BCUT2D eigenvalue weighted by molar-refractivity contribution is 0.425. The molecule has 6 rings (SSSR count). The summed E-state index contributed by atoms with van der Waals surface area (Å²) in [4.78, 5) is 0. The highest BCUT2D eigenvalue weighted by Crippen LogP contribution is 2.25. The van der Waals surface area contributed by atoms with Crippen LogP contribution < -0.4 is 10.9 Å². The first kappa shape index (κ1) is 22.1. The summed E-state index contributed by atoms with van der Waals surface area (Å²) in [6, 6.07) is 35.2. The standard InChI is InChI=1S/2C14H11BO2/c2*16-15(17)14-9-10-5-1-2-6-11(10)12-7-3-4-8-13(12)14/h2*1-9,16-17H. The average molecular weight is 444 g/mol. The van der Waals surface area contributed by atoms with Gasteiger partial charge in [0.2, 0.25) is 0 Å². The van der Waals surface area contributed by atoms with E-state index in [9.17, 15) is 20.1 Å². The van der Waals surface area contributed by atoms with Crippen molar-refractivity contribution in [2.45, 2.75) is 0 Å². The van der Waals surface area contributed by atoms with E-state index in [2.05, 4.69) is 0 Å². The van der Waals surface area contributed by atoms with Crippen molar-refractivity contribution in [3.05, 3.63) is 109 Å². The molecule has 0 saturated heterocycles. The van der Waals surface area contributed by atoms with Crippen LogP contribution in [0.15, 0.2) is 109 Å². The van der Waals surface area contributed by atoms with E-state index in [4.69, 9.17) is 0 Å². The third-order valence-corrected chi connectivity index (χ3v) is 6.16. The molecule has 4 nitrogen and oxygen atoms in total. The summed E-state index contributed by atoms with van der Waals surface area (Å²) in [6.45, 7) is 0. The van der Waals surface area contributed by atoms with Crippen LogP contribution in [0.2, 0.25) is 0 Å². The maximum Gasteiger partial charge on any atom is 0.489 e. The fourth-order valence-corrected chi connectivity index (χ4v) is 4.59. The van der Waals surface area contributed by atoms with Gasteiger partial charge in [0, 0.05) is 0 Å². The van der Waals surface area contributed by atoms with Gasteiger partial charge in [-0.25, -0.2) is 0 Å². The van der Waals surface area contributed by atoms with E-state index in [1.165, 1.54) is 0 Å². The van der Waals surface area contributed by atoms with Crippen LogP contribution in [0.5, 0.6) is 0 Å². The Balaban J connectivity index is 0.000000142. The minimum Gasteiger partial charge on any atom is -0.423 e. The van der Waals surface area contributed by atoms with Crippen molar-refractivity contribution >= 4 is 68.3 Å². The van der Waals surface area contributed by atoms with Gasteiger partial charge < -0.3 is 20.1 Å². The molecule has 0 aliphatic heterocycles. The van der Waals surface area contributed by atoms with Crippen molar-refractivity contribution in [2.24, 2.45) is 0 Å². The number of benzene rings is 6. The topological polar surface area (TPSA) is 80.9 Å². The van der Waals surface area contributed by atoms with Crippen LogP contribution in [0.3, 0.4) is 0 Å². The lowest BCUT2D eigenvalue weighted by Crippen LogP contribution is -2.30. The monoisotopic (exact) mass is 444 g/mol. The second-order valence-electron chi connectivity index (χ2n) is 8.21. The Morgan fingerprint density at radius 3 is 1.00 bits per heavy atom. The molecule has 0 bridgehead atoms. The summed E-state index contributed by atoms with van der Waals surface area (Å²) in [5.74, 6) is 0. The Labute approximate surface area is 197 Å². The molecule has 6 aromatic carbocycles. The molecule has 6 aromatic rings. The number of rotatable bonds is 2. The zero-order valence-corrected chi connectivity index (χ0v) is 18.3. The van der Waals surface area contributed by atoms with Crippen LogP contribution in [0.1, 0.15) is 0 Å². The van der Waals surface area contributed by atoms with Gasteiger partial charge in [0.25, 0.3) is 0 Å². The molecule has 34 heavy (non-hydrogen) atoms. The molecule has 0 unspecified atom stereocenters. The summed E-state index contributed by atoms with van der Waals surface area (Å²) in [5.41, 5.74) is 1.11. The highest BCUT2D eigenvalue weighted by Gasteiger charge is 2.17. The average Bonchev–Trinajstić information content (AvgIpc) is 2.88. The first-order valence-electron chi connectivity index (χ1n) is 11.1. The van der Waals surface area contributed by atoms with Gasteiger partial charge in [0.05, 0.1) is 0 Å². The first-order valence-corrected chi connectivity index (χ1v) is 11.1. The Kier molecular flexibility index (Phi) is 6.05. The molecule has 0 radical (unpaired) electrons. The molecule has 164 valence electrons. The van der Waals surface area contributed by atoms with Gasteiger partial charge in [-0.15, -0.1) is 0 Å². The number of hydrogen-bond acceptors (Lipinski definition) is 4. The Morgan fingerprint density at radius 2 is 0.647 bits per heavy atom. The van der Waals surface area contributed by atoms with Crippen LogP contribution in [0.25, 0.3) is 43.1 Å². The molecule has 0 aromatic heterocycles. The van der Waals surface area contributed by atoms with Crippen LogP contribution in [-0.4, -0.2) is 34.3 Å². The first-order chi connectivity index (χ1) is 16.5. The molecule has 0 saturated carbocycles. The van der Waals surface area contributed by atoms with Crippen molar-refractivity contribution in [1.29, 1.82) is 0 Å². The Morgan fingerprint density at radius 1 is 0.353 bits per heavy atom. The third kappa shape index (κ3) is 4.04. The zero-order chi connectivity index (χ0) is 23.7. The maximum atomic E-state index is 9.44. The fourth-order valence-electron chi connectivity index (χ4n) is 4.59. The molecule has 0 aliphatic carbocycles. The van der Waals surface area contributed by atoms with Crippen molar-refractivity contribution in [1.82, 2.24) is 0 Å². The number of hydrogen-bond donors (Lipinski definition) is 4. The minimum atomic E-state index is -1.44. The highest BCUT2D eigenvalue weighted by molar-refractivity contribution is 6.63. The van der Waals surface area contributed by atoms with Crippen molar-refractivity contribution < 1.29 is 20.1 Å². The summed E-state index contributed by atoms with van der Waals surface area (Å²) in [6.07, 6.45) is 0. The smallest absolute Gasteiger partial charge is 0.423 e. The fraction of sp³-hybridized carbons (Fsp3) is 0. The lowest BCUT2D eigenvalue weighted by Gasteiger charge is -2.09. The molecular formula is C28H22B2O4. The normalized spacial score (nSPS) is 10.9. The van der Waals surface area contributed by atoms with Crippen LogP contribution in [0, 0.1) is 0 Å². The predicted octanol–water partition coefficient (Wildman–Crippen LogP) is 3.35. The molecular weight excluding hydrogens is 422 g/mol. The van der Waals surface area contributed by atoms with Gasteiger partial charge in [0.15, 0.2) is 0 Å². The summed E-state index contributed by atoms with van der Waals surface area (Å²) < 4.78 is 0. The second kappa shape index (κ2) is 9.29. The van der Waals surface area contributed by atoms with Gasteiger partial charge in [0.1, 0.15) is 0 Å². The lowest BCUT2D eigenvalue weighted by atomic mass is 9.76. The molecule has 6 heteroatoms. The van der Waals surface area contributed by atoms with Gasteiger partial charge in [-0.2, -0.15) is 0 Å². The highest BCUT2D eigenvalue weighted by atomic mass is 16.4. The summed E-state index contributed by atoms with van der Waals surface area (Å²) in [7, 11) is -2.88. The van der Waals surface area contributed by atoms with Crippen LogP contribution in [0.4, 0.5) is 0 Å². The van der Waals surface area contributed by atoms with E-state index in [0.717, 1.165) is 43.1 Å². The van der Waals surface area contributed by atoms with Crippen molar-refractivity contribution in [3.8, 4) is 0 Å². The van der Waals surface area contributed by atoms with E-state index in [1.54, 1.807) is 0 Å². The van der Waals surface area contributed by atoms with E-state index >= 15 is 0 Å². The van der Waals surface area contributed by atoms with E-state index in [1.807, 2.05) is 109 Å². The van der Waals surface area contributed by atoms with Crippen molar-refractivity contribution in [3.63, 3.8) is 0 Å². The van der Waals surface area contributed by atoms with Gasteiger partial charge in [-0.05, 0) is 54.0 Å². The minimum absolute atomic E-state index is 0.555. The van der Waals surface area contributed by atoms with Crippen LogP contribution in [-0.2, 0) is 0 Å². The molecule has 0 spiro atoms. The van der Waals surface area contributed by atoms with Crippen molar-refractivity contribution in [2.75, 3.05) is 0 Å². The molecule has 0 fully saturated rings. The second-order valence-corrected chi connectivity index (χ2v) is 8.21. The van der Waals surface area contributed by atoms with E-state index < -0.39 is 14.2 Å². The Bertz CT molecular complexity index is 1510. The SMILES string of the molecule is OB(O)c1cc2ccccc2c2ccccc12.OB(O)c1cc2ccccc2c2ccccc12. The summed E-state index contributed by atoms with van der Waals surface area (Å²) >= 11 is 0. The van der Waals surface area contributed by atoms with E-state index in [-0.39, 0.29) is 0 Å². The van der Waals surface area contributed by atoms with Gasteiger partial charge >= 0.3 is 14.2 Å². The molecule has 4 N–H and O–H groups in total. The molecule has 0 amide bonds. The summed E-state index contributed by atoms with van der Waals surface area (Å²) in [5, 5.41) is 45.9. The Hall–Kier alpha value is -3.67. The van der Waals surface area contributed by atoms with Crippen LogP contribution >= 0.6 is 0 Å².